The summed E-state index contributed by atoms with van der Waals surface area (Å²) in [4.78, 5) is 48.6. The van der Waals surface area contributed by atoms with E-state index in [1.807, 2.05) is 30.4 Å². The van der Waals surface area contributed by atoms with Crippen LogP contribution in [0.1, 0.15) is 201 Å². The molecule has 0 aromatic heterocycles. The number of ether oxygens (including phenoxy) is 3. The van der Waals surface area contributed by atoms with Gasteiger partial charge in [-0.05, 0) is 122 Å². The third kappa shape index (κ3) is 57.5. The van der Waals surface area contributed by atoms with Crippen LogP contribution in [-0.2, 0) is 42.2 Å². The van der Waals surface area contributed by atoms with Crippen LogP contribution >= 0.6 is 7.82 Å². The van der Waals surface area contributed by atoms with Gasteiger partial charge in [-0.25, -0.2) is 4.57 Å². The lowest BCUT2D eigenvalue weighted by molar-refractivity contribution is -0.161. The first-order valence-electron chi connectivity index (χ1n) is 30.0. The lowest BCUT2D eigenvalue weighted by atomic mass is 10.1. The van der Waals surface area contributed by atoms with Gasteiger partial charge in [0.1, 0.15) is 12.7 Å². The second kappa shape index (κ2) is 59.9. The zero-order valence-corrected chi connectivity index (χ0v) is 50.4. The van der Waals surface area contributed by atoms with Crippen LogP contribution in [0, 0.1) is 0 Å². The second-order valence-electron chi connectivity index (χ2n) is 19.1. The molecule has 0 radical (unpaired) electrons. The molecule has 0 rings (SSSR count). The van der Waals surface area contributed by atoms with Crippen LogP contribution in [0.15, 0.2) is 170 Å². The molecule has 0 aliphatic carbocycles. The van der Waals surface area contributed by atoms with Gasteiger partial charge in [0.25, 0.3) is 0 Å². The molecule has 0 fully saturated rings. The summed E-state index contributed by atoms with van der Waals surface area (Å²) in [6.45, 7) is 4.15. The van der Waals surface area contributed by atoms with Gasteiger partial charge < -0.3 is 24.2 Å². The van der Waals surface area contributed by atoms with Crippen LogP contribution in [0.4, 0.5) is 0 Å². The fourth-order valence-electron chi connectivity index (χ4n) is 7.17. The Kier molecular flexibility index (Phi) is 56.1. The Morgan fingerprint density at radius 1 is 0.375 bits per heavy atom. The third-order valence-electron chi connectivity index (χ3n) is 11.7. The molecule has 0 bridgehead atoms. The minimum absolute atomic E-state index is 0.0219. The van der Waals surface area contributed by atoms with Crippen molar-refractivity contribution in [3.8, 4) is 0 Å². The highest BCUT2D eigenvalue weighted by Gasteiger charge is 2.28. The number of aliphatic hydroxyl groups excluding tert-OH is 1. The van der Waals surface area contributed by atoms with Gasteiger partial charge in [0, 0.05) is 12.8 Å². The van der Waals surface area contributed by atoms with Gasteiger partial charge in [0.05, 0.1) is 26.2 Å². The van der Waals surface area contributed by atoms with Crippen LogP contribution < -0.4 is 0 Å². The minimum atomic E-state index is -4.81. The quantitative estimate of drug-likeness (QED) is 0.0197. The fourth-order valence-corrected chi connectivity index (χ4v) is 7.95. The predicted molar refractivity (Wildman–Crippen MR) is 334 cm³/mol. The number of carbonyl (C=O) groups is 3. The molecule has 11 nitrogen and oxygen atoms in total. The topological polar surface area (TPSA) is 155 Å². The highest BCUT2D eigenvalue weighted by atomic mass is 31.2. The van der Waals surface area contributed by atoms with Crippen LogP contribution in [0.2, 0.25) is 0 Å². The maximum Gasteiger partial charge on any atom is 0.472 e. The Bertz CT molecular complexity index is 1990. The Balaban J connectivity index is 4.96. The molecule has 3 unspecified atom stereocenters. The van der Waals surface area contributed by atoms with Gasteiger partial charge in [-0.15, -0.1) is 0 Å². The van der Waals surface area contributed by atoms with Crippen molar-refractivity contribution in [1.29, 1.82) is 0 Å². The first-order chi connectivity index (χ1) is 39.2. The number of hydrogen-bond donors (Lipinski definition) is 2. The highest BCUT2D eigenvalue weighted by Crippen LogP contribution is 2.43. The molecule has 0 aromatic carbocycles. The van der Waals surface area contributed by atoms with E-state index in [4.69, 9.17) is 23.3 Å². The van der Waals surface area contributed by atoms with Crippen LogP contribution in [0.25, 0.3) is 0 Å². The average Bonchev–Trinajstić information content (AvgIpc) is 3.45. The molecule has 0 saturated carbocycles. The van der Waals surface area contributed by atoms with Crippen molar-refractivity contribution in [2.24, 2.45) is 0 Å². The smallest absolute Gasteiger partial charge is 0.462 e. The van der Waals surface area contributed by atoms with Crippen molar-refractivity contribution in [2.45, 2.75) is 213 Å². The normalized spacial score (nSPS) is 14.5. The SMILES string of the molecule is CC/C=C\C/C=C\C/C=C\C/C=C\C/C=C\C/C=C\CCC(=O)OC(COC(=O)CCCCCCCC/C=C\C/C=C\C/C=C\CCCCC)COP(=O)(O)OCC(CO)OC(=O)C/C=C\C/C=C\C/C=C\C/C=C\C/C=C\CC. The van der Waals surface area contributed by atoms with Crippen LogP contribution in [-0.4, -0.2) is 66.5 Å². The first-order valence-corrected chi connectivity index (χ1v) is 31.5. The average molecular weight is 1130 g/mol. The molecule has 0 spiro atoms. The summed E-state index contributed by atoms with van der Waals surface area (Å²) in [5.74, 6) is -1.74. The molecule has 0 heterocycles. The van der Waals surface area contributed by atoms with Crippen molar-refractivity contribution in [3.05, 3.63) is 170 Å². The number of phosphoric ester groups is 1. The van der Waals surface area contributed by atoms with E-state index >= 15 is 0 Å². The number of hydrogen-bond acceptors (Lipinski definition) is 10. The number of rotatable bonds is 53. The Morgan fingerprint density at radius 2 is 0.725 bits per heavy atom. The number of carbonyl (C=O) groups excluding carboxylic acids is 3. The molecule has 448 valence electrons. The molecule has 0 amide bonds. The summed E-state index contributed by atoms with van der Waals surface area (Å²) in [7, 11) is -4.81. The fraction of sp³-hybridized carbons (Fsp3) is 0.544. The number of phosphoric acid groups is 1. The van der Waals surface area contributed by atoms with E-state index in [0.29, 0.717) is 25.7 Å². The van der Waals surface area contributed by atoms with Crippen molar-refractivity contribution in [2.75, 3.05) is 26.4 Å². The predicted octanol–water partition coefficient (Wildman–Crippen LogP) is 18.2. The third-order valence-corrected chi connectivity index (χ3v) is 12.6. The molecule has 0 aliphatic heterocycles. The Hall–Kier alpha value is -5.16. The van der Waals surface area contributed by atoms with E-state index < -0.39 is 64.4 Å². The van der Waals surface area contributed by atoms with E-state index in [2.05, 4.69) is 154 Å². The number of unbranched alkanes of at least 4 members (excludes halogenated alkanes) is 9. The zero-order chi connectivity index (χ0) is 58.3. The summed E-state index contributed by atoms with van der Waals surface area (Å²) >= 11 is 0. The van der Waals surface area contributed by atoms with Crippen LogP contribution in [0.3, 0.4) is 0 Å². The molecular weight excluding hydrogens is 1020 g/mol. The van der Waals surface area contributed by atoms with Gasteiger partial charge in [0.2, 0.25) is 0 Å². The second-order valence-corrected chi connectivity index (χ2v) is 20.5. The molecule has 0 saturated heterocycles. The van der Waals surface area contributed by atoms with Gasteiger partial charge in [-0.2, -0.15) is 0 Å². The highest BCUT2D eigenvalue weighted by molar-refractivity contribution is 7.47. The molecular formula is C68H105O11P. The minimum Gasteiger partial charge on any atom is -0.462 e. The zero-order valence-electron chi connectivity index (χ0n) is 49.5. The summed E-state index contributed by atoms with van der Waals surface area (Å²) in [5.41, 5.74) is 0. The summed E-state index contributed by atoms with van der Waals surface area (Å²) in [5, 5.41) is 9.81. The van der Waals surface area contributed by atoms with E-state index in [1.54, 1.807) is 6.08 Å². The largest absolute Gasteiger partial charge is 0.472 e. The standard InChI is InChI=1S/C68H105O11P/c1-4-7-10-13-16-19-22-25-28-30-32-34-37-39-42-45-48-51-54-57-66(70)75-61-65(79-68(72)59-56-53-50-47-44-41-38-35-33-31-29-26-23-20-17-14-11-8-5-2)63-77-80(73,74)76-62-64(60-69)78-67(71)58-55-52-49-46-43-40-36-27-24-21-18-15-12-9-6-3/h8-9,11-12,16-21,25-29,32-36,41,43-44,46,50,52-53,55,64-65,69H,4-7,10,13-15,22-24,30-31,37-40,42,45,47-49,51,54,56-63H2,1-3H3,(H,73,74)/b11-8-,12-9-,19-16-,20-17-,21-18-,28-25-,29-26-,34-32-,35-33-,36-27-,44-41-,46-43-,53-50-,55-52-. The van der Waals surface area contributed by atoms with Crippen molar-refractivity contribution >= 4 is 25.7 Å². The lowest BCUT2D eigenvalue weighted by Crippen LogP contribution is -2.30. The molecule has 12 heteroatoms. The Morgan fingerprint density at radius 3 is 1.15 bits per heavy atom. The van der Waals surface area contributed by atoms with E-state index in [0.717, 1.165) is 109 Å². The van der Waals surface area contributed by atoms with Crippen LogP contribution in [0.5, 0.6) is 0 Å². The summed E-state index contributed by atoms with van der Waals surface area (Å²) in [6.07, 6.45) is 80.7. The molecule has 0 aromatic rings. The summed E-state index contributed by atoms with van der Waals surface area (Å²) < 4.78 is 39.4. The van der Waals surface area contributed by atoms with E-state index in [1.165, 1.54) is 25.7 Å². The monoisotopic (exact) mass is 1130 g/mol. The van der Waals surface area contributed by atoms with Gasteiger partial charge in [-0.3, -0.25) is 23.4 Å². The molecule has 80 heavy (non-hydrogen) atoms. The summed E-state index contributed by atoms with van der Waals surface area (Å²) in [6, 6.07) is 0. The number of esters is 3. The maximum absolute atomic E-state index is 12.9. The lowest BCUT2D eigenvalue weighted by Gasteiger charge is -2.21. The van der Waals surface area contributed by atoms with Crippen molar-refractivity contribution in [1.82, 2.24) is 0 Å². The number of allylic oxidation sites excluding steroid dienone is 27. The molecule has 3 atom stereocenters. The Labute approximate surface area is 485 Å². The molecule has 2 N–H and O–H groups in total. The van der Waals surface area contributed by atoms with Gasteiger partial charge >= 0.3 is 25.7 Å². The molecule has 0 aliphatic rings. The number of aliphatic hydroxyl groups is 1. The van der Waals surface area contributed by atoms with Gasteiger partial charge in [-0.1, -0.05) is 229 Å². The van der Waals surface area contributed by atoms with Gasteiger partial charge in [0.15, 0.2) is 6.10 Å². The maximum atomic E-state index is 12.9. The first kappa shape index (κ1) is 74.8. The van der Waals surface area contributed by atoms with Crippen molar-refractivity contribution in [3.63, 3.8) is 0 Å². The van der Waals surface area contributed by atoms with Crippen molar-refractivity contribution < 1.29 is 52.2 Å². The van der Waals surface area contributed by atoms with E-state index in [-0.39, 0.29) is 19.3 Å². The van der Waals surface area contributed by atoms with E-state index in [9.17, 15) is 28.9 Å².